The van der Waals surface area contributed by atoms with Crippen molar-refractivity contribution in [2.45, 2.75) is 19.3 Å². The first-order chi connectivity index (χ1) is 7.43. The molecule has 1 aromatic rings. The Bertz CT molecular complexity index is 326. The summed E-state index contributed by atoms with van der Waals surface area (Å²) in [5.74, 6) is 1.16. The number of anilines is 2. The topological polar surface area (TPSA) is 6.25 Å². The van der Waals surface area contributed by atoms with Crippen LogP contribution in [-0.2, 0) is 0 Å². The molecular weight excluding hydrogens is 204 g/mol. The third-order valence-corrected chi connectivity index (χ3v) is 3.84. The van der Waals surface area contributed by atoms with E-state index < -0.39 is 0 Å². The van der Waals surface area contributed by atoms with Crippen LogP contribution in [0.4, 0.5) is 11.4 Å². The molecule has 0 unspecified atom stereocenters. The van der Waals surface area contributed by atoms with E-state index in [1.54, 1.807) is 0 Å². The average Bonchev–Trinajstić information content (AvgIpc) is 3.15. The van der Waals surface area contributed by atoms with Crippen molar-refractivity contribution in [1.82, 2.24) is 0 Å². The van der Waals surface area contributed by atoms with Crippen LogP contribution >= 0.6 is 11.9 Å². The summed E-state index contributed by atoms with van der Waals surface area (Å²) in [6, 6.07) is 9.01. The third kappa shape index (κ3) is 2.07. The molecule has 0 aromatic heterocycles. The number of rotatable bonds is 2. The van der Waals surface area contributed by atoms with E-state index in [0.29, 0.717) is 0 Å². The summed E-state index contributed by atoms with van der Waals surface area (Å²) in [5, 5.41) is 0. The molecule has 0 amide bonds. The summed E-state index contributed by atoms with van der Waals surface area (Å²) in [4.78, 5) is 2.50. The summed E-state index contributed by atoms with van der Waals surface area (Å²) < 4.78 is 2.31. The van der Waals surface area contributed by atoms with Crippen molar-refractivity contribution in [2.24, 2.45) is 0 Å². The predicted octanol–water partition coefficient (Wildman–Crippen LogP) is 3.10. The molecule has 2 aliphatic heterocycles. The first-order valence-corrected chi connectivity index (χ1v) is 6.63. The Morgan fingerprint density at radius 1 is 0.867 bits per heavy atom. The number of hydrogen-bond donors (Lipinski definition) is 0. The lowest BCUT2D eigenvalue weighted by Gasteiger charge is -2.28. The third-order valence-electron chi connectivity index (χ3n) is 3.12. The molecule has 2 nitrogen and oxygen atoms in total. The maximum absolute atomic E-state index is 2.50. The first-order valence-electron chi connectivity index (χ1n) is 5.69. The van der Waals surface area contributed by atoms with Gasteiger partial charge in [0.25, 0.3) is 0 Å². The van der Waals surface area contributed by atoms with Crippen LogP contribution in [0.1, 0.15) is 19.3 Å². The molecule has 0 spiro atoms. The van der Waals surface area contributed by atoms with Crippen molar-refractivity contribution in [1.29, 1.82) is 0 Å². The zero-order valence-electron chi connectivity index (χ0n) is 8.85. The minimum Gasteiger partial charge on any atom is -0.372 e. The highest BCUT2D eigenvalue weighted by molar-refractivity contribution is 8.07. The Morgan fingerprint density at radius 3 is 2.07 bits per heavy atom. The van der Waals surface area contributed by atoms with Crippen LogP contribution in [0.3, 0.4) is 0 Å². The lowest BCUT2D eigenvalue weighted by Crippen LogP contribution is -2.29. The fourth-order valence-electron chi connectivity index (χ4n) is 2.16. The SMILES string of the molecule is c1cc(N2CS2)ccc1N1CCCCC1. The van der Waals surface area contributed by atoms with Gasteiger partial charge in [-0.05, 0) is 55.5 Å². The predicted molar refractivity (Wildman–Crippen MR) is 67.4 cm³/mol. The van der Waals surface area contributed by atoms with Gasteiger partial charge in [0.1, 0.15) is 0 Å². The standard InChI is InChI=1S/C12H16N2S/c1-2-8-13(9-3-1)11-4-6-12(7-5-11)14-10-15-14/h4-7H,1-3,8-10H2. The molecular formula is C12H16N2S. The Kier molecular flexibility index (Phi) is 2.49. The molecule has 0 bridgehead atoms. The maximum atomic E-state index is 2.50. The first kappa shape index (κ1) is 9.40. The second-order valence-corrected chi connectivity index (χ2v) is 5.16. The number of piperidine rings is 1. The second-order valence-electron chi connectivity index (χ2n) is 4.20. The van der Waals surface area contributed by atoms with Crippen LogP contribution in [0.25, 0.3) is 0 Å². The highest BCUT2D eigenvalue weighted by Crippen LogP contribution is 2.36. The van der Waals surface area contributed by atoms with E-state index in [2.05, 4.69) is 33.5 Å². The minimum absolute atomic E-state index is 1.16. The van der Waals surface area contributed by atoms with Gasteiger partial charge in [-0.2, -0.15) is 0 Å². The average molecular weight is 220 g/mol. The summed E-state index contributed by atoms with van der Waals surface area (Å²) in [6.07, 6.45) is 4.10. The number of nitrogens with zero attached hydrogens (tertiary/aromatic N) is 2. The zero-order valence-corrected chi connectivity index (χ0v) is 9.67. The fraction of sp³-hybridized carbons (Fsp3) is 0.500. The van der Waals surface area contributed by atoms with E-state index in [0.717, 1.165) is 5.88 Å². The van der Waals surface area contributed by atoms with E-state index in [-0.39, 0.29) is 0 Å². The molecule has 0 N–H and O–H groups in total. The minimum atomic E-state index is 1.16. The van der Waals surface area contributed by atoms with Crippen molar-refractivity contribution in [3.05, 3.63) is 24.3 Å². The molecule has 2 saturated heterocycles. The highest BCUT2D eigenvalue weighted by Gasteiger charge is 2.19. The van der Waals surface area contributed by atoms with Gasteiger partial charge in [0.05, 0.1) is 5.88 Å². The summed E-state index contributed by atoms with van der Waals surface area (Å²) in [7, 11) is 0. The maximum Gasteiger partial charge on any atom is 0.0950 e. The van der Waals surface area contributed by atoms with Gasteiger partial charge in [-0.25, -0.2) is 0 Å². The van der Waals surface area contributed by atoms with Crippen LogP contribution in [0.5, 0.6) is 0 Å². The Labute approximate surface area is 95.4 Å². The van der Waals surface area contributed by atoms with Gasteiger partial charge >= 0.3 is 0 Å². The van der Waals surface area contributed by atoms with Crippen LogP contribution in [0.15, 0.2) is 24.3 Å². The quantitative estimate of drug-likeness (QED) is 0.558. The highest BCUT2D eigenvalue weighted by atomic mass is 32.2. The molecule has 15 heavy (non-hydrogen) atoms. The zero-order chi connectivity index (χ0) is 10.1. The molecule has 2 aliphatic rings. The van der Waals surface area contributed by atoms with Gasteiger partial charge in [0.2, 0.25) is 0 Å². The lowest BCUT2D eigenvalue weighted by molar-refractivity contribution is 0.578. The van der Waals surface area contributed by atoms with Crippen LogP contribution in [0, 0.1) is 0 Å². The second kappa shape index (κ2) is 3.97. The van der Waals surface area contributed by atoms with Crippen molar-refractivity contribution in [3.8, 4) is 0 Å². The van der Waals surface area contributed by atoms with Gasteiger partial charge in [0, 0.05) is 24.5 Å². The largest absolute Gasteiger partial charge is 0.372 e. The molecule has 1 aromatic carbocycles. The Morgan fingerprint density at radius 2 is 1.47 bits per heavy atom. The lowest BCUT2D eigenvalue weighted by atomic mass is 10.1. The van der Waals surface area contributed by atoms with Crippen molar-refractivity contribution < 1.29 is 0 Å². The van der Waals surface area contributed by atoms with Gasteiger partial charge < -0.3 is 9.21 Å². The summed E-state index contributed by atoms with van der Waals surface area (Å²) >= 11 is 1.88. The molecule has 0 aliphatic carbocycles. The van der Waals surface area contributed by atoms with E-state index in [1.807, 2.05) is 11.9 Å². The number of benzene rings is 1. The molecule has 0 saturated carbocycles. The molecule has 0 radical (unpaired) electrons. The molecule has 0 atom stereocenters. The van der Waals surface area contributed by atoms with Crippen LogP contribution in [-0.4, -0.2) is 19.0 Å². The molecule has 2 heterocycles. The van der Waals surface area contributed by atoms with Crippen molar-refractivity contribution >= 4 is 23.3 Å². The van der Waals surface area contributed by atoms with E-state index >= 15 is 0 Å². The van der Waals surface area contributed by atoms with E-state index in [9.17, 15) is 0 Å². The molecule has 80 valence electrons. The van der Waals surface area contributed by atoms with Gasteiger partial charge in [-0.15, -0.1) is 0 Å². The Balaban J connectivity index is 1.73. The van der Waals surface area contributed by atoms with Gasteiger partial charge in [-0.1, -0.05) is 0 Å². The molecule has 2 fully saturated rings. The van der Waals surface area contributed by atoms with Gasteiger partial charge in [-0.3, -0.25) is 0 Å². The Hall–Kier alpha value is -0.830. The van der Waals surface area contributed by atoms with Crippen molar-refractivity contribution in [2.75, 3.05) is 28.2 Å². The van der Waals surface area contributed by atoms with Crippen LogP contribution in [0.2, 0.25) is 0 Å². The molecule has 3 rings (SSSR count). The monoisotopic (exact) mass is 220 g/mol. The normalized spacial score (nSPS) is 20.5. The summed E-state index contributed by atoms with van der Waals surface area (Å²) in [6.45, 7) is 2.47. The van der Waals surface area contributed by atoms with Crippen molar-refractivity contribution in [3.63, 3.8) is 0 Å². The number of hydrogen-bond acceptors (Lipinski definition) is 3. The smallest absolute Gasteiger partial charge is 0.0950 e. The molecule has 3 heteroatoms. The summed E-state index contributed by atoms with van der Waals surface area (Å²) in [5.41, 5.74) is 2.74. The van der Waals surface area contributed by atoms with E-state index in [1.165, 1.54) is 43.7 Å². The fourth-order valence-corrected chi connectivity index (χ4v) is 2.64. The van der Waals surface area contributed by atoms with Crippen LogP contribution < -0.4 is 9.21 Å². The van der Waals surface area contributed by atoms with E-state index in [4.69, 9.17) is 0 Å². The van der Waals surface area contributed by atoms with Gasteiger partial charge in [0.15, 0.2) is 0 Å².